The third kappa shape index (κ3) is 7.86. The van der Waals surface area contributed by atoms with Crippen LogP contribution in [0.25, 0.3) is 0 Å². The Hall–Kier alpha value is -2.78. The maximum atomic E-state index is 13.7. The summed E-state index contributed by atoms with van der Waals surface area (Å²) in [4.78, 5) is 28.0. The van der Waals surface area contributed by atoms with E-state index in [1.807, 2.05) is 20.8 Å². The maximum Gasteiger partial charge on any atom is 0.244 e. The van der Waals surface area contributed by atoms with Crippen molar-refractivity contribution in [3.63, 3.8) is 0 Å². The first-order valence-electron chi connectivity index (χ1n) is 11.5. The first-order valence-corrected chi connectivity index (χ1v) is 13.7. The summed E-state index contributed by atoms with van der Waals surface area (Å²) >= 11 is 6.01. The van der Waals surface area contributed by atoms with Crippen LogP contribution in [0, 0.1) is 6.92 Å². The molecule has 0 saturated heterocycles. The molecule has 2 aromatic rings. The molecule has 10 heteroatoms. The third-order valence-electron chi connectivity index (χ3n) is 5.48. The van der Waals surface area contributed by atoms with Gasteiger partial charge in [-0.2, -0.15) is 0 Å². The second-order valence-corrected chi connectivity index (χ2v) is 10.7. The van der Waals surface area contributed by atoms with Crippen molar-refractivity contribution in [1.29, 1.82) is 0 Å². The first kappa shape index (κ1) is 28.5. The van der Waals surface area contributed by atoms with E-state index in [1.54, 1.807) is 42.5 Å². The van der Waals surface area contributed by atoms with E-state index in [2.05, 4.69) is 5.32 Å². The number of methoxy groups -OCH3 is 1. The molecule has 192 valence electrons. The van der Waals surface area contributed by atoms with Crippen LogP contribution in [0.2, 0.25) is 5.02 Å². The second kappa shape index (κ2) is 12.8. The Morgan fingerprint density at radius 2 is 1.77 bits per heavy atom. The maximum absolute atomic E-state index is 13.7. The molecule has 35 heavy (non-hydrogen) atoms. The van der Waals surface area contributed by atoms with Gasteiger partial charge >= 0.3 is 0 Å². The van der Waals surface area contributed by atoms with Crippen molar-refractivity contribution in [2.75, 3.05) is 30.8 Å². The molecular weight excluding hydrogens is 490 g/mol. The molecule has 0 aliphatic rings. The van der Waals surface area contributed by atoms with Crippen LogP contribution < -0.4 is 14.4 Å². The Bertz CT molecular complexity index is 1120. The van der Waals surface area contributed by atoms with Gasteiger partial charge in [-0.3, -0.25) is 13.9 Å². The number of hydrogen-bond acceptors (Lipinski definition) is 5. The number of aryl methyl sites for hydroxylation is 1. The number of amides is 2. The lowest BCUT2D eigenvalue weighted by atomic mass is 10.1. The van der Waals surface area contributed by atoms with Crippen LogP contribution >= 0.6 is 11.6 Å². The Morgan fingerprint density at radius 3 is 2.31 bits per heavy atom. The fourth-order valence-corrected chi connectivity index (χ4v) is 4.63. The number of benzene rings is 2. The van der Waals surface area contributed by atoms with E-state index in [4.69, 9.17) is 16.3 Å². The Balaban J connectivity index is 2.48. The van der Waals surface area contributed by atoms with Crippen molar-refractivity contribution < 1.29 is 22.7 Å². The van der Waals surface area contributed by atoms with Gasteiger partial charge in [0, 0.05) is 18.1 Å². The van der Waals surface area contributed by atoms with Crippen LogP contribution in [-0.2, 0) is 26.2 Å². The van der Waals surface area contributed by atoms with Gasteiger partial charge < -0.3 is 15.0 Å². The van der Waals surface area contributed by atoms with Gasteiger partial charge in [-0.05, 0) is 55.2 Å². The van der Waals surface area contributed by atoms with E-state index in [-0.39, 0.29) is 18.1 Å². The van der Waals surface area contributed by atoms with E-state index in [0.717, 1.165) is 28.1 Å². The standard InChI is InChI=1S/C25H34ClN3O5S/c1-6-14-27-25(31)21(7-2)28(16-19-9-11-20(26)12-10-19)24(30)17-29(35(5,32)33)22-15-18(3)8-13-23(22)34-4/h8-13,15,21H,6-7,14,16-17H2,1-5H3,(H,27,31)/t21-/m0/s1. The second-order valence-electron chi connectivity index (χ2n) is 8.31. The summed E-state index contributed by atoms with van der Waals surface area (Å²) in [6.07, 6.45) is 2.15. The number of carbonyl (C=O) groups excluding carboxylic acids is 2. The fourth-order valence-electron chi connectivity index (χ4n) is 3.66. The van der Waals surface area contributed by atoms with Crippen molar-refractivity contribution in [1.82, 2.24) is 10.2 Å². The highest BCUT2D eigenvalue weighted by Gasteiger charge is 2.32. The first-order chi connectivity index (χ1) is 16.5. The highest BCUT2D eigenvalue weighted by atomic mass is 35.5. The molecule has 1 atom stereocenters. The highest BCUT2D eigenvalue weighted by molar-refractivity contribution is 7.92. The molecule has 2 aromatic carbocycles. The van der Waals surface area contributed by atoms with E-state index in [1.165, 1.54) is 12.0 Å². The van der Waals surface area contributed by atoms with Crippen LogP contribution in [-0.4, -0.2) is 57.6 Å². The number of halogens is 1. The number of carbonyl (C=O) groups is 2. The van der Waals surface area contributed by atoms with Crippen LogP contribution in [0.15, 0.2) is 42.5 Å². The molecule has 2 rings (SSSR count). The summed E-state index contributed by atoms with van der Waals surface area (Å²) in [7, 11) is -2.41. The monoisotopic (exact) mass is 523 g/mol. The van der Waals surface area contributed by atoms with Crippen molar-refractivity contribution in [2.24, 2.45) is 0 Å². The minimum atomic E-state index is -3.85. The number of rotatable bonds is 12. The molecule has 0 aliphatic heterocycles. The zero-order valence-electron chi connectivity index (χ0n) is 20.9. The van der Waals surface area contributed by atoms with E-state index >= 15 is 0 Å². The quantitative estimate of drug-likeness (QED) is 0.457. The van der Waals surface area contributed by atoms with E-state index in [0.29, 0.717) is 23.7 Å². The van der Waals surface area contributed by atoms with Gasteiger partial charge in [0.15, 0.2) is 0 Å². The van der Waals surface area contributed by atoms with Gasteiger partial charge in [-0.25, -0.2) is 8.42 Å². The lowest BCUT2D eigenvalue weighted by Crippen LogP contribution is -2.52. The number of nitrogens with one attached hydrogen (secondary N) is 1. The highest BCUT2D eigenvalue weighted by Crippen LogP contribution is 2.31. The summed E-state index contributed by atoms with van der Waals surface area (Å²) < 4.78 is 32.0. The average Bonchev–Trinajstić information content (AvgIpc) is 2.81. The number of ether oxygens (including phenoxy) is 1. The summed E-state index contributed by atoms with van der Waals surface area (Å²) in [6.45, 7) is 5.70. The van der Waals surface area contributed by atoms with Crippen LogP contribution in [0.3, 0.4) is 0 Å². The molecule has 1 N–H and O–H groups in total. The van der Waals surface area contributed by atoms with Gasteiger partial charge in [0.05, 0.1) is 19.1 Å². The molecular formula is C25H34ClN3O5S. The van der Waals surface area contributed by atoms with Gasteiger partial charge in [0.25, 0.3) is 0 Å². The number of sulfonamides is 1. The largest absolute Gasteiger partial charge is 0.495 e. The average molecular weight is 524 g/mol. The number of anilines is 1. The molecule has 0 aliphatic carbocycles. The summed E-state index contributed by atoms with van der Waals surface area (Å²) in [6, 6.07) is 11.3. The normalized spacial score (nSPS) is 12.1. The molecule has 0 bridgehead atoms. The van der Waals surface area contributed by atoms with Crippen molar-refractivity contribution in [3.8, 4) is 5.75 Å². The minimum Gasteiger partial charge on any atom is -0.495 e. The van der Waals surface area contributed by atoms with Crippen LogP contribution in [0.1, 0.15) is 37.8 Å². The van der Waals surface area contributed by atoms with Crippen LogP contribution in [0.5, 0.6) is 5.75 Å². The predicted molar refractivity (Wildman–Crippen MR) is 139 cm³/mol. The van der Waals surface area contributed by atoms with Gasteiger partial charge in [0.1, 0.15) is 18.3 Å². The predicted octanol–water partition coefficient (Wildman–Crippen LogP) is 3.76. The van der Waals surface area contributed by atoms with Gasteiger partial charge in [-0.1, -0.05) is 43.6 Å². The summed E-state index contributed by atoms with van der Waals surface area (Å²) in [5, 5.41) is 3.40. The molecule has 0 radical (unpaired) electrons. The topological polar surface area (TPSA) is 96.0 Å². The van der Waals surface area contributed by atoms with Crippen LogP contribution in [0.4, 0.5) is 5.69 Å². The molecule has 0 spiro atoms. The Kier molecular flexibility index (Phi) is 10.4. The van der Waals surface area contributed by atoms with Gasteiger partial charge in [0.2, 0.25) is 21.8 Å². The molecule has 0 aromatic heterocycles. The summed E-state index contributed by atoms with van der Waals surface area (Å²) in [5.74, 6) is -0.464. The van der Waals surface area contributed by atoms with E-state index < -0.39 is 28.5 Å². The lowest BCUT2D eigenvalue weighted by Gasteiger charge is -2.33. The molecule has 0 heterocycles. The number of nitrogens with zero attached hydrogens (tertiary/aromatic N) is 2. The smallest absolute Gasteiger partial charge is 0.244 e. The third-order valence-corrected chi connectivity index (χ3v) is 6.86. The van der Waals surface area contributed by atoms with Crippen molar-refractivity contribution in [3.05, 3.63) is 58.6 Å². The van der Waals surface area contributed by atoms with E-state index in [9.17, 15) is 18.0 Å². The molecule has 8 nitrogen and oxygen atoms in total. The van der Waals surface area contributed by atoms with Crippen molar-refractivity contribution >= 4 is 39.1 Å². The summed E-state index contributed by atoms with van der Waals surface area (Å²) in [5.41, 5.74) is 1.84. The zero-order valence-corrected chi connectivity index (χ0v) is 22.4. The lowest BCUT2D eigenvalue weighted by molar-refractivity contribution is -0.140. The Labute approximate surface area is 213 Å². The number of hydrogen-bond donors (Lipinski definition) is 1. The Morgan fingerprint density at radius 1 is 1.11 bits per heavy atom. The van der Waals surface area contributed by atoms with Gasteiger partial charge in [-0.15, -0.1) is 0 Å². The van der Waals surface area contributed by atoms with Crippen molar-refractivity contribution in [2.45, 2.75) is 46.2 Å². The molecule has 0 fully saturated rings. The zero-order chi connectivity index (χ0) is 26.2. The molecule has 0 unspecified atom stereocenters. The minimum absolute atomic E-state index is 0.122. The SMILES string of the molecule is CCCNC(=O)[C@H](CC)N(Cc1ccc(Cl)cc1)C(=O)CN(c1cc(C)ccc1OC)S(C)(=O)=O. The molecule has 2 amide bonds. The molecule has 0 saturated carbocycles. The fraction of sp³-hybridized carbons (Fsp3) is 0.440.